The van der Waals surface area contributed by atoms with Crippen molar-refractivity contribution >= 4 is 140 Å². The average Bonchev–Trinajstić information content (AvgIpc) is 1.65. The zero-order valence-electron chi connectivity index (χ0n) is 82.4. The van der Waals surface area contributed by atoms with E-state index in [1.54, 1.807) is 103 Å². The van der Waals surface area contributed by atoms with Crippen molar-refractivity contribution in [2.45, 2.75) is 313 Å². The molecule has 9 rings (SSSR count). The number of benzene rings is 3. The van der Waals surface area contributed by atoms with E-state index in [1.807, 2.05) is 13.8 Å². The highest BCUT2D eigenvalue weighted by Crippen LogP contribution is 2.33. The molecule has 4 aliphatic rings. The standard InChI is InChI=1S/C99H142FN19O20S/c1-14-16-28-74-89(131)108-67(43-55(3)4)88(130)113-83(84(103)126)99(10,11)140-54-81(123)105-70(45-57-33-35-60(100)36-34-57)94(136)117-41-23-22-31-75(117)91(133)112-72(49-80(102)122)95(137)118-42-24-32-76(118)90(132)107-65(37-38-79(121)98(7,8)9)85(127)110-69(44-56(5)6)96(138)119-52-61(120)48-78(119)92(134)109-68(46-58-50-104-64-27-20-18-25-62(58)64)87(129)106-66(39-40-101)86(128)111-71(93(135)115(13)77(29-17-15-2)97(139)114(74)12)47-59-51-116(53-82(124)125)73-30-21-19-26-63(59)73/h18-21,25-27,30,33-36,50-51,55-56,61,65-72,74-78,83,104,120H,14-17,22-24,28-29,31-32,37-49,52-54,101H2,1-13H3,(H2,102,122)(H2,103,126)(H,105,123)(H,106,129)(H,107,132)(H,108,131)(H,109,134)(H,110,127)(H,111,128)(H,112,133)(H,113,130)(H,124,125)/t61-,65+,66+,67+,68+,69+,70+,71+,72+,74+,75+,76+,77+,78+,83-/m1/s1. The molecule has 2 aromatic heterocycles. The number of carbonyl (C=O) groups is 18. The molecular formula is C99H142FN19O20S. The molecule has 15 atom stereocenters. The Morgan fingerprint density at radius 2 is 1.04 bits per heavy atom. The van der Waals surface area contributed by atoms with Crippen LogP contribution in [-0.2, 0) is 112 Å². The summed E-state index contributed by atoms with van der Waals surface area (Å²) in [7, 11) is 2.73. The molecule has 4 fully saturated rings. The SMILES string of the molecule is CCCC[C@H]1C(=O)N(C)[C@@H](CCCC)C(=O)N[C@@H](CC(C)C)C(=O)N[C@H](C(N)=O)C(C)(C)SCC(=O)N[C@@H](Cc2ccc(F)cc2)C(=O)N2CCCC[C@H]2C(=O)N[C@@H](CC(N)=O)C(=O)N2CCC[C@H]2C(=O)N[C@@H](CCC(=O)C(C)(C)C)C(=O)N[C@@H](CC(C)C)C(=O)N2C[C@H](O)C[C@H]2C(=O)N[C@@H](Cc2c[nH]c3ccccc23)C(=O)N[C@@H](CCN)C(=O)N[C@@H](Cc2cn(CC(=O)O)c3ccccc23)C(=O)N1C. The number of nitrogens with zero attached hydrogens (tertiary/aromatic N) is 6. The molecule has 16 amide bonds. The van der Waals surface area contributed by atoms with Crippen molar-refractivity contribution in [2.75, 3.05) is 46.0 Å². The van der Waals surface area contributed by atoms with Gasteiger partial charge in [-0.25, -0.2) is 4.39 Å². The number of aliphatic carboxylic acids is 1. The van der Waals surface area contributed by atoms with Gasteiger partial charge in [-0.2, -0.15) is 0 Å². The number of aliphatic hydroxyl groups excluding tert-OH is 1. The molecule has 0 saturated carbocycles. The van der Waals surface area contributed by atoms with Crippen molar-refractivity contribution in [3.63, 3.8) is 0 Å². The van der Waals surface area contributed by atoms with E-state index in [2.05, 4.69) is 52.8 Å². The molecule has 39 nitrogen and oxygen atoms in total. The number of nitrogens with one attached hydrogen (secondary N) is 10. The van der Waals surface area contributed by atoms with Crippen LogP contribution in [0.1, 0.15) is 208 Å². The van der Waals surface area contributed by atoms with E-state index in [9.17, 15) is 38.6 Å². The number of unbranched alkanes of at least 4 members (excludes halogenated alkanes) is 2. The minimum atomic E-state index is -1.77. The van der Waals surface area contributed by atoms with E-state index in [1.165, 1.54) is 60.6 Å². The van der Waals surface area contributed by atoms with Gasteiger partial charge in [0.2, 0.25) is 94.5 Å². The van der Waals surface area contributed by atoms with E-state index in [0.29, 0.717) is 77.0 Å². The number of primary amides is 2. The van der Waals surface area contributed by atoms with Crippen LogP contribution in [0, 0.1) is 23.1 Å². The second kappa shape index (κ2) is 50.6. The number of aliphatic hydroxyl groups is 1. The molecule has 0 unspecified atom stereocenters. The molecule has 0 bridgehead atoms. The second-order valence-corrected chi connectivity index (χ2v) is 41.3. The molecule has 0 radical (unpaired) electrons. The highest BCUT2D eigenvalue weighted by molar-refractivity contribution is 8.01. The number of aromatic nitrogens is 2. The number of hydrogen-bond donors (Lipinski definition) is 15. The lowest BCUT2D eigenvalue weighted by molar-refractivity contribution is -0.149. The first kappa shape index (κ1) is 111. The molecule has 5 aromatic rings. The van der Waals surface area contributed by atoms with Crippen LogP contribution in [0.25, 0.3) is 21.8 Å². The number of likely N-dealkylation sites (N-methyl/N-ethyl adjacent to an activating group) is 2. The summed E-state index contributed by atoms with van der Waals surface area (Å²) in [5, 5.41) is 47.7. The highest BCUT2D eigenvalue weighted by atomic mass is 32.2. The van der Waals surface area contributed by atoms with Crippen LogP contribution in [0.4, 0.5) is 4.39 Å². The van der Waals surface area contributed by atoms with E-state index in [4.69, 9.17) is 17.2 Å². The largest absolute Gasteiger partial charge is 0.480 e. The number of ketones is 1. The third-order valence-corrected chi connectivity index (χ3v) is 27.7. The van der Waals surface area contributed by atoms with Crippen molar-refractivity contribution in [3.8, 4) is 0 Å². The zero-order valence-corrected chi connectivity index (χ0v) is 83.3. The van der Waals surface area contributed by atoms with Crippen molar-refractivity contribution in [1.29, 1.82) is 0 Å². The summed E-state index contributed by atoms with van der Waals surface area (Å²) in [5.74, 6) is -18.0. The van der Waals surface area contributed by atoms with E-state index in [-0.39, 0.29) is 115 Å². The van der Waals surface area contributed by atoms with Gasteiger partial charge in [-0.1, -0.05) is 137 Å². The number of H-pyrrole nitrogens is 1. The number of aromatic amines is 1. The fourth-order valence-corrected chi connectivity index (χ4v) is 19.6. The summed E-state index contributed by atoms with van der Waals surface area (Å²) >= 11 is 0.853. The maximum absolute atomic E-state index is 16.0. The minimum absolute atomic E-state index is 0.00415. The first-order valence-corrected chi connectivity index (χ1v) is 49.5. The number of amides is 16. The van der Waals surface area contributed by atoms with Gasteiger partial charge in [-0.3, -0.25) is 86.3 Å². The van der Waals surface area contributed by atoms with Crippen LogP contribution in [0.2, 0.25) is 0 Å². The van der Waals surface area contributed by atoms with Gasteiger partial charge in [0, 0.05) is 110 Å². The summed E-state index contributed by atoms with van der Waals surface area (Å²) in [5.41, 5.74) is 19.6. The van der Waals surface area contributed by atoms with Gasteiger partial charge >= 0.3 is 5.97 Å². The lowest BCUT2D eigenvalue weighted by atomic mass is 9.87. The number of halogens is 1. The van der Waals surface area contributed by atoms with Gasteiger partial charge in [0.05, 0.1) is 18.3 Å². The van der Waals surface area contributed by atoms with E-state index in [0.717, 1.165) is 38.6 Å². The quantitative estimate of drug-likeness (QED) is 0.0378. The van der Waals surface area contributed by atoms with Gasteiger partial charge < -0.3 is 109 Å². The summed E-state index contributed by atoms with van der Waals surface area (Å²) in [4.78, 5) is 277. The molecule has 3 aromatic carbocycles. The highest BCUT2D eigenvalue weighted by Gasteiger charge is 2.49. The van der Waals surface area contributed by atoms with Crippen molar-refractivity contribution in [2.24, 2.45) is 34.5 Å². The molecule has 6 heterocycles. The number of rotatable bonds is 26. The molecule has 4 aliphatic heterocycles. The first-order chi connectivity index (χ1) is 66.1. The normalized spacial score (nSPS) is 25.4. The van der Waals surface area contributed by atoms with Crippen LogP contribution in [0.15, 0.2) is 85.2 Å². The Hall–Kier alpha value is -12.4. The first-order valence-electron chi connectivity index (χ1n) is 48.5. The van der Waals surface area contributed by atoms with Crippen LogP contribution < -0.4 is 65.1 Å². The van der Waals surface area contributed by atoms with Crippen molar-refractivity contribution in [1.82, 2.24) is 81.9 Å². The van der Waals surface area contributed by atoms with Crippen LogP contribution in [0.5, 0.6) is 0 Å². The molecule has 0 aliphatic carbocycles. The lowest BCUT2D eigenvalue weighted by Gasteiger charge is -2.38. The molecular weight excluding hydrogens is 1830 g/mol. The summed E-state index contributed by atoms with van der Waals surface area (Å²) in [6.45, 7) is 17.3. The monoisotopic (exact) mass is 1970 g/mol. The number of carboxylic acids is 1. The molecule has 140 heavy (non-hydrogen) atoms. The van der Waals surface area contributed by atoms with Gasteiger partial charge in [-0.05, 0) is 144 Å². The summed E-state index contributed by atoms with van der Waals surface area (Å²) < 4.78 is 14.5. The Balaban J connectivity index is 1.13. The number of fused-ring (bicyclic) bond motifs is 5. The molecule has 41 heteroatoms. The number of nitrogens with two attached hydrogens (primary N) is 3. The molecule has 18 N–H and O–H groups in total. The topological polar surface area (TPSA) is 571 Å². The van der Waals surface area contributed by atoms with Crippen LogP contribution in [0.3, 0.4) is 0 Å². The number of carbonyl (C=O) groups excluding carboxylic acids is 17. The second-order valence-electron chi connectivity index (χ2n) is 39.6. The summed E-state index contributed by atoms with van der Waals surface area (Å²) in [6.07, 6.45) is 1.02. The zero-order chi connectivity index (χ0) is 103. The summed E-state index contributed by atoms with van der Waals surface area (Å²) in [6, 6.07) is -2.56. The Bertz CT molecular complexity index is 5310. The molecule has 0 spiro atoms. The van der Waals surface area contributed by atoms with Gasteiger partial charge in [0.15, 0.2) is 0 Å². The Morgan fingerprint density at radius 1 is 0.536 bits per heavy atom. The van der Waals surface area contributed by atoms with Crippen LogP contribution in [-0.4, -0.2) is 292 Å². The number of piperidine rings is 1. The number of para-hydroxylation sites is 2. The van der Waals surface area contributed by atoms with E-state index >= 15 is 62.3 Å². The fraction of sp³-hybridized carbons (Fsp3) is 0.596. The van der Waals surface area contributed by atoms with Gasteiger partial charge in [-0.15, -0.1) is 11.8 Å². The lowest BCUT2D eigenvalue weighted by Crippen LogP contribution is -2.62. The predicted molar refractivity (Wildman–Crippen MR) is 521 cm³/mol. The number of hydrogen-bond acceptors (Lipinski definition) is 21. The Morgan fingerprint density at radius 3 is 1.66 bits per heavy atom. The third kappa shape index (κ3) is 29.8. The Labute approximate surface area is 819 Å². The molecule has 4 saturated heterocycles. The van der Waals surface area contributed by atoms with E-state index < -0.39 is 245 Å². The van der Waals surface area contributed by atoms with Gasteiger partial charge in [0.25, 0.3) is 0 Å². The maximum Gasteiger partial charge on any atom is 0.323 e. The fourth-order valence-electron chi connectivity index (χ4n) is 18.7. The predicted octanol–water partition coefficient (Wildman–Crippen LogP) is 2.83. The number of carboxylic acid groups (broad SMARTS) is 1. The average molecular weight is 1970 g/mol. The van der Waals surface area contributed by atoms with Gasteiger partial charge in [0.1, 0.15) is 103 Å². The number of thioether (sulfide) groups is 1. The molecule has 766 valence electrons. The number of Topliss-reactive ketones (excluding diaryl/α,β-unsaturated/α-hetero) is 1. The third-order valence-electron chi connectivity index (χ3n) is 26.3. The maximum atomic E-state index is 16.0. The smallest absolute Gasteiger partial charge is 0.323 e. The van der Waals surface area contributed by atoms with Crippen molar-refractivity contribution < 1.29 is 101 Å². The minimum Gasteiger partial charge on any atom is -0.480 e. The Kier molecular flexibility index (Phi) is 40.2. The van der Waals surface area contributed by atoms with Crippen molar-refractivity contribution in [3.05, 3.63) is 108 Å². The van der Waals surface area contributed by atoms with Crippen LogP contribution >= 0.6 is 11.8 Å².